The second-order valence-electron chi connectivity index (χ2n) is 2.94. The van der Waals surface area contributed by atoms with Crippen LogP contribution in [0.1, 0.15) is 25.6 Å². The molecule has 0 radical (unpaired) electrons. The zero-order valence-corrected chi connectivity index (χ0v) is 7.43. The molecule has 2 nitrogen and oxygen atoms in total. The summed E-state index contributed by atoms with van der Waals surface area (Å²) < 4.78 is 5.13. The lowest BCUT2D eigenvalue weighted by Crippen LogP contribution is -2.15. The van der Waals surface area contributed by atoms with E-state index < -0.39 is 0 Å². The fraction of sp³-hybridized carbons (Fsp3) is 0.500. The van der Waals surface area contributed by atoms with Crippen LogP contribution >= 0.6 is 11.6 Å². The van der Waals surface area contributed by atoms with E-state index in [9.17, 15) is 0 Å². The lowest BCUT2D eigenvalue weighted by atomic mass is 10.0. The molecular formula is C8H12ClNO. The van der Waals surface area contributed by atoms with Crippen molar-refractivity contribution in [3.05, 3.63) is 23.1 Å². The summed E-state index contributed by atoms with van der Waals surface area (Å²) in [4.78, 5) is 0. The van der Waals surface area contributed by atoms with Gasteiger partial charge in [0, 0.05) is 0 Å². The monoisotopic (exact) mass is 173 g/mol. The van der Waals surface area contributed by atoms with E-state index >= 15 is 0 Å². The van der Waals surface area contributed by atoms with Gasteiger partial charge in [0.05, 0.1) is 11.1 Å². The average molecular weight is 174 g/mol. The first-order valence-electron chi connectivity index (χ1n) is 3.60. The van der Waals surface area contributed by atoms with E-state index in [0.29, 0.717) is 10.9 Å². The third kappa shape index (κ3) is 1.98. The number of rotatable bonds is 2. The number of halogens is 1. The fourth-order valence-corrected chi connectivity index (χ4v) is 0.984. The quantitative estimate of drug-likeness (QED) is 0.747. The molecule has 0 amide bonds. The minimum Gasteiger partial charge on any atom is -0.466 e. The van der Waals surface area contributed by atoms with Gasteiger partial charge < -0.3 is 10.2 Å². The average Bonchev–Trinajstić information content (AvgIpc) is 2.34. The van der Waals surface area contributed by atoms with Crippen molar-refractivity contribution in [2.24, 2.45) is 11.7 Å². The predicted octanol–water partition coefficient (Wildman–Crippen LogP) is 2.59. The van der Waals surface area contributed by atoms with E-state index in [2.05, 4.69) is 0 Å². The summed E-state index contributed by atoms with van der Waals surface area (Å²) in [6.07, 6.45) is 1.50. The lowest BCUT2D eigenvalue weighted by molar-refractivity contribution is 0.402. The second-order valence-corrected chi connectivity index (χ2v) is 3.37. The molecule has 62 valence electrons. The molecule has 3 heteroatoms. The number of nitrogens with two attached hydrogens (primary N) is 1. The van der Waals surface area contributed by atoms with Crippen molar-refractivity contribution in [1.82, 2.24) is 0 Å². The third-order valence-electron chi connectivity index (χ3n) is 1.63. The Morgan fingerprint density at radius 2 is 2.18 bits per heavy atom. The Hall–Kier alpha value is -0.470. The van der Waals surface area contributed by atoms with Gasteiger partial charge in [0.1, 0.15) is 12.0 Å². The SMILES string of the molecule is CC(C)[C@H](N)c1cc(Cl)co1. The normalized spacial score (nSPS) is 13.9. The van der Waals surface area contributed by atoms with Gasteiger partial charge in [-0.1, -0.05) is 25.4 Å². The lowest BCUT2D eigenvalue weighted by Gasteiger charge is -2.11. The zero-order valence-electron chi connectivity index (χ0n) is 6.67. The van der Waals surface area contributed by atoms with Crippen LogP contribution in [0.15, 0.2) is 16.7 Å². The van der Waals surface area contributed by atoms with Crippen LogP contribution in [-0.4, -0.2) is 0 Å². The van der Waals surface area contributed by atoms with Gasteiger partial charge in [-0.15, -0.1) is 0 Å². The van der Waals surface area contributed by atoms with Crippen molar-refractivity contribution in [2.75, 3.05) is 0 Å². The largest absolute Gasteiger partial charge is 0.466 e. The molecule has 0 saturated carbocycles. The molecule has 0 aliphatic carbocycles. The molecule has 2 N–H and O–H groups in total. The van der Waals surface area contributed by atoms with Crippen LogP contribution in [-0.2, 0) is 0 Å². The molecule has 0 unspecified atom stereocenters. The van der Waals surface area contributed by atoms with E-state index in [1.807, 2.05) is 13.8 Å². The Morgan fingerprint density at radius 1 is 1.55 bits per heavy atom. The van der Waals surface area contributed by atoms with E-state index in [4.69, 9.17) is 21.8 Å². The summed E-state index contributed by atoms with van der Waals surface area (Å²) in [6, 6.07) is 1.70. The highest BCUT2D eigenvalue weighted by molar-refractivity contribution is 6.30. The van der Waals surface area contributed by atoms with Crippen LogP contribution in [0.3, 0.4) is 0 Å². The maximum absolute atomic E-state index is 5.80. The Bertz CT molecular complexity index is 232. The van der Waals surface area contributed by atoms with Crippen LogP contribution in [0, 0.1) is 5.92 Å². The first-order valence-corrected chi connectivity index (χ1v) is 3.98. The van der Waals surface area contributed by atoms with Gasteiger partial charge in [0.25, 0.3) is 0 Å². The summed E-state index contributed by atoms with van der Waals surface area (Å²) in [7, 11) is 0. The topological polar surface area (TPSA) is 39.2 Å². The van der Waals surface area contributed by atoms with Crippen molar-refractivity contribution >= 4 is 11.6 Å². The molecule has 0 aromatic carbocycles. The molecule has 1 aromatic rings. The third-order valence-corrected chi connectivity index (χ3v) is 1.83. The Morgan fingerprint density at radius 3 is 2.55 bits per heavy atom. The minimum absolute atomic E-state index is 0.0532. The van der Waals surface area contributed by atoms with Gasteiger partial charge in [-0.25, -0.2) is 0 Å². The fourth-order valence-electron chi connectivity index (χ4n) is 0.832. The Balaban J connectivity index is 2.76. The number of furan rings is 1. The number of hydrogen-bond donors (Lipinski definition) is 1. The van der Waals surface area contributed by atoms with Crippen molar-refractivity contribution in [1.29, 1.82) is 0 Å². The summed E-state index contributed by atoms with van der Waals surface area (Å²) in [5.74, 6) is 1.13. The molecule has 0 saturated heterocycles. The standard InChI is InChI=1S/C8H12ClNO/c1-5(2)8(10)7-3-6(9)4-11-7/h3-5,8H,10H2,1-2H3/t8-/m0/s1. The van der Waals surface area contributed by atoms with Crippen LogP contribution in [0.4, 0.5) is 0 Å². The van der Waals surface area contributed by atoms with Gasteiger partial charge in [0.2, 0.25) is 0 Å². The molecule has 1 heterocycles. The first-order chi connectivity index (χ1) is 5.11. The van der Waals surface area contributed by atoms with Gasteiger partial charge in [-0.05, 0) is 12.0 Å². The highest BCUT2D eigenvalue weighted by atomic mass is 35.5. The van der Waals surface area contributed by atoms with Crippen molar-refractivity contribution in [2.45, 2.75) is 19.9 Å². The molecular weight excluding hydrogens is 162 g/mol. The van der Waals surface area contributed by atoms with E-state index in [1.54, 1.807) is 6.07 Å². The summed E-state index contributed by atoms with van der Waals surface area (Å²) in [5, 5.41) is 0.608. The van der Waals surface area contributed by atoms with Crippen LogP contribution in [0.25, 0.3) is 0 Å². The Kier molecular flexibility index (Phi) is 2.58. The first kappa shape index (κ1) is 8.62. The van der Waals surface area contributed by atoms with Crippen molar-refractivity contribution < 1.29 is 4.42 Å². The van der Waals surface area contributed by atoms with Gasteiger partial charge in [0.15, 0.2) is 0 Å². The van der Waals surface area contributed by atoms with Crippen LogP contribution in [0.5, 0.6) is 0 Å². The second kappa shape index (κ2) is 3.28. The van der Waals surface area contributed by atoms with E-state index in [0.717, 1.165) is 5.76 Å². The predicted molar refractivity (Wildman–Crippen MR) is 45.5 cm³/mol. The summed E-state index contributed by atoms with van der Waals surface area (Å²) in [5.41, 5.74) is 5.80. The van der Waals surface area contributed by atoms with Crippen molar-refractivity contribution in [3.63, 3.8) is 0 Å². The summed E-state index contributed by atoms with van der Waals surface area (Å²) >= 11 is 5.66. The Labute approximate surface area is 71.3 Å². The minimum atomic E-state index is -0.0532. The van der Waals surface area contributed by atoms with Crippen LogP contribution < -0.4 is 5.73 Å². The molecule has 0 spiro atoms. The molecule has 0 aliphatic rings. The summed E-state index contributed by atoms with van der Waals surface area (Å²) in [6.45, 7) is 4.09. The maximum Gasteiger partial charge on any atom is 0.122 e. The molecule has 0 aliphatic heterocycles. The molecule has 1 rings (SSSR count). The van der Waals surface area contributed by atoms with E-state index in [1.165, 1.54) is 6.26 Å². The number of hydrogen-bond acceptors (Lipinski definition) is 2. The molecule has 1 atom stereocenters. The van der Waals surface area contributed by atoms with Crippen molar-refractivity contribution in [3.8, 4) is 0 Å². The molecule has 0 fully saturated rings. The van der Waals surface area contributed by atoms with Gasteiger partial charge >= 0.3 is 0 Å². The molecule has 11 heavy (non-hydrogen) atoms. The smallest absolute Gasteiger partial charge is 0.122 e. The zero-order chi connectivity index (χ0) is 8.43. The molecule has 1 aromatic heterocycles. The van der Waals surface area contributed by atoms with Crippen LogP contribution in [0.2, 0.25) is 5.02 Å². The highest BCUT2D eigenvalue weighted by Crippen LogP contribution is 2.23. The van der Waals surface area contributed by atoms with Gasteiger partial charge in [-0.2, -0.15) is 0 Å². The van der Waals surface area contributed by atoms with Gasteiger partial charge in [-0.3, -0.25) is 0 Å². The van der Waals surface area contributed by atoms with E-state index in [-0.39, 0.29) is 6.04 Å². The molecule has 0 bridgehead atoms. The highest BCUT2D eigenvalue weighted by Gasteiger charge is 2.13. The maximum atomic E-state index is 5.80.